The van der Waals surface area contributed by atoms with Gasteiger partial charge in [0, 0.05) is 13.1 Å². The molecule has 1 saturated heterocycles. The van der Waals surface area contributed by atoms with E-state index in [0.717, 1.165) is 5.56 Å². The average Bonchev–Trinajstić information content (AvgIpc) is 2.98. The van der Waals surface area contributed by atoms with Crippen molar-refractivity contribution in [3.05, 3.63) is 35.9 Å². The molecule has 1 aliphatic heterocycles. The molecular formula is C15H17NO6. The van der Waals surface area contributed by atoms with Crippen LogP contribution >= 0.6 is 0 Å². The lowest BCUT2D eigenvalue weighted by Crippen LogP contribution is -2.30. The normalized spacial score (nSPS) is 20.5. The van der Waals surface area contributed by atoms with Crippen molar-refractivity contribution in [1.82, 2.24) is 4.90 Å². The van der Waals surface area contributed by atoms with Crippen molar-refractivity contribution in [2.24, 2.45) is 11.8 Å². The molecule has 22 heavy (non-hydrogen) atoms. The van der Waals surface area contributed by atoms with Crippen LogP contribution in [0.1, 0.15) is 5.56 Å². The summed E-state index contributed by atoms with van der Waals surface area (Å²) in [4.78, 5) is 36.0. The first kappa shape index (κ1) is 15.8. The van der Waals surface area contributed by atoms with Gasteiger partial charge in [0.1, 0.15) is 6.61 Å². The third-order valence-electron chi connectivity index (χ3n) is 3.60. The number of amides is 1. The molecule has 7 heteroatoms. The minimum atomic E-state index is -1.13. The molecule has 118 valence electrons. The molecule has 0 unspecified atom stereocenters. The SMILES string of the molecule is COC(=O)[C@@H]1CN(C(=O)OCc2ccccc2)C[C@@H]1C(=O)O. The van der Waals surface area contributed by atoms with Crippen LogP contribution in [0.2, 0.25) is 0 Å². The first-order valence-electron chi connectivity index (χ1n) is 6.79. The van der Waals surface area contributed by atoms with Crippen molar-refractivity contribution in [2.75, 3.05) is 20.2 Å². The number of hydrogen-bond acceptors (Lipinski definition) is 5. The van der Waals surface area contributed by atoms with E-state index < -0.39 is 29.9 Å². The molecular weight excluding hydrogens is 290 g/mol. The van der Waals surface area contributed by atoms with Crippen LogP contribution in [-0.2, 0) is 25.7 Å². The number of hydrogen-bond donors (Lipinski definition) is 1. The Balaban J connectivity index is 1.96. The van der Waals surface area contributed by atoms with Gasteiger partial charge in [0.05, 0.1) is 18.9 Å². The molecule has 0 radical (unpaired) electrons. The van der Waals surface area contributed by atoms with Crippen LogP contribution in [0.5, 0.6) is 0 Å². The molecule has 2 atom stereocenters. The molecule has 1 aliphatic rings. The van der Waals surface area contributed by atoms with E-state index in [4.69, 9.17) is 9.84 Å². The number of esters is 1. The Morgan fingerprint density at radius 3 is 2.41 bits per heavy atom. The molecule has 1 heterocycles. The first-order chi connectivity index (χ1) is 10.5. The number of methoxy groups -OCH3 is 1. The van der Waals surface area contributed by atoms with E-state index in [9.17, 15) is 14.4 Å². The number of carboxylic acid groups (broad SMARTS) is 1. The van der Waals surface area contributed by atoms with Crippen molar-refractivity contribution >= 4 is 18.0 Å². The smallest absolute Gasteiger partial charge is 0.410 e. The van der Waals surface area contributed by atoms with E-state index in [1.807, 2.05) is 30.3 Å². The van der Waals surface area contributed by atoms with Crippen molar-refractivity contribution < 1.29 is 29.0 Å². The molecule has 1 fully saturated rings. The average molecular weight is 307 g/mol. The Labute approximate surface area is 127 Å². The summed E-state index contributed by atoms with van der Waals surface area (Å²) in [6.45, 7) is 0.0107. The summed E-state index contributed by atoms with van der Waals surface area (Å²) in [6, 6.07) is 9.13. The third-order valence-corrected chi connectivity index (χ3v) is 3.60. The molecule has 0 spiro atoms. The summed E-state index contributed by atoms with van der Waals surface area (Å²) < 4.78 is 9.73. The lowest BCUT2D eigenvalue weighted by Gasteiger charge is -2.15. The van der Waals surface area contributed by atoms with Gasteiger partial charge in [0.2, 0.25) is 0 Å². The molecule has 0 bridgehead atoms. The largest absolute Gasteiger partial charge is 0.481 e. The van der Waals surface area contributed by atoms with Crippen molar-refractivity contribution in [3.8, 4) is 0 Å². The van der Waals surface area contributed by atoms with Gasteiger partial charge in [0.15, 0.2) is 0 Å². The highest BCUT2D eigenvalue weighted by atomic mass is 16.6. The minimum Gasteiger partial charge on any atom is -0.481 e. The van der Waals surface area contributed by atoms with E-state index in [-0.39, 0.29) is 19.7 Å². The van der Waals surface area contributed by atoms with Gasteiger partial charge >= 0.3 is 18.0 Å². The highest BCUT2D eigenvalue weighted by Gasteiger charge is 2.44. The van der Waals surface area contributed by atoms with Crippen molar-refractivity contribution in [2.45, 2.75) is 6.61 Å². The second kappa shape index (κ2) is 6.93. The van der Waals surface area contributed by atoms with Gasteiger partial charge in [-0.3, -0.25) is 9.59 Å². The van der Waals surface area contributed by atoms with Gasteiger partial charge in [-0.15, -0.1) is 0 Å². The van der Waals surface area contributed by atoms with Crippen LogP contribution in [0.15, 0.2) is 30.3 Å². The Morgan fingerprint density at radius 1 is 1.18 bits per heavy atom. The molecule has 1 aromatic rings. The number of carbonyl (C=O) groups excluding carboxylic acids is 2. The van der Waals surface area contributed by atoms with Crippen LogP contribution < -0.4 is 0 Å². The first-order valence-corrected chi connectivity index (χ1v) is 6.79. The Hall–Kier alpha value is -2.57. The van der Waals surface area contributed by atoms with Gasteiger partial charge in [-0.05, 0) is 5.56 Å². The van der Waals surface area contributed by atoms with Crippen LogP contribution in [-0.4, -0.2) is 48.2 Å². The van der Waals surface area contributed by atoms with Gasteiger partial charge in [-0.1, -0.05) is 30.3 Å². The zero-order chi connectivity index (χ0) is 16.1. The van der Waals surface area contributed by atoms with Crippen LogP contribution in [0.3, 0.4) is 0 Å². The summed E-state index contributed by atoms with van der Waals surface area (Å²) in [6.07, 6.45) is -0.637. The van der Waals surface area contributed by atoms with Gasteiger partial charge in [0.25, 0.3) is 0 Å². The topological polar surface area (TPSA) is 93.1 Å². The molecule has 1 N–H and O–H groups in total. The van der Waals surface area contributed by atoms with Crippen molar-refractivity contribution in [3.63, 3.8) is 0 Å². The van der Waals surface area contributed by atoms with E-state index in [1.165, 1.54) is 12.0 Å². The zero-order valence-electron chi connectivity index (χ0n) is 12.1. The molecule has 2 rings (SSSR count). The number of ether oxygens (including phenoxy) is 2. The lowest BCUT2D eigenvalue weighted by molar-refractivity contribution is -0.153. The Kier molecular flexibility index (Phi) is 4.98. The van der Waals surface area contributed by atoms with Crippen LogP contribution in [0, 0.1) is 11.8 Å². The summed E-state index contributed by atoms with van der Waals surface area (Å²) >= 11 is 0. The lowest BCUT2D eigenvalue weighted by atomic mass is 9.97. The van der Waals surface area contributed by atoms with E-state index in [1.54, 1.807) is 0 Å². The number of benzene rings is 1. The van der Waals surface area contributed by atoms with E-state index in [0.29, 0.717) is 0 Å². The Bertz CT molecular complexity index is 558. The quantitative estimate of drug-likeness (QED) is 0.838. The second-order valence-corrected chi connectivity index (χ2v) is 5.02. The summed E-state index contributed by atoms with van der Waals surface area (Å²) in [5.41, 5.74) is 0.828. The highest BCUT2D eigenvalue weighted by Crippen LogP contribution is 2.25. The van der Waals surface area contributed by atoms with Gasteiger partial charge < -0.3 is 19.5 Å². The number of aliphatic carboxylic acids is 1. The molecule has 0 saturated carbocycles. The second-order valence-electron chi connectivity index (χ2n) is 5.02. The fourth-order valence-corrected chi connectivity index (χ4v) is 2.40. The molecule has 1 aromatic carbocycles. The maximum Gasteiger partial charge on any atom is 0.410 e. The summed E-state index contributed by atoms with van der Waals surface area (Å²) in [7, 11) is 1.19. The Morgan fingerprint density at radius 2 is 1.82 bits per heavy atom. The van der Waals surface area contributed by atoms with E-state index >= 15 is 0 Å². The molecule has 0 aliphatic carbocycles. The molecule has 1 amide bonds. The third kappa shape index (κ3) is 3.55. The standard InChI is InChI=1S/C15H17NO6/c1-21-14(19)12-8-16(7-11(12)13(17)18)15(20)22-9-10-5-3-2-4-6-10/h2-6,11-12H,7-9H2,1H3,(H,17,18)/t11-,12+/m0/s1. The fourth-order valence-electron chi connectivity index (χ4n) is 2.40. The maximum atomic E-state index is 12.0. The molecule has 7 nitrogen and oxygen atoms in total. The van der Waals surface area contributed by atoms with Crippen LogP contribution in [0.4, 0.5) is 4.79 Å². The molecule has 0 aromatic heterocycles. The summed E-state index contributed by atoms with van der Waals surface area (Å²) in [5, 5.41) is 9.15. The fraction of sp³-hybridized carbons (Fsp3) is 0.400. The number of likely N-dealkylation sites (tertiary alicyclic amines) is 1. The van der Waals surface area contributed by atoms with Crippen molar-refractivity contribution in [1.29, 1.82) is 0 Å². The summed E-state index contributed by atoms with van der Waals surface area (Å²) in [5.74, 6) is -3.61. The monoisotopic (exact) mass is 307 g/mol. The number of carbonyl (C=O) groups is 3. The number of rotatable bonds is 4. The maximum absolute atomic E-state index is 12.0. The van der Waals surface area contributed by atoms with Gasteiger partial charge in [-0.25, -0.2) is 4.79 Å². The van der Waals surface area contributed by atoms with E-state index in [2.05, 4.69) is 4.74 Å². The zero-order valence-corrected chi connectivity index (χ0v) is 12.1. The van der Waals surface area contributed by atoms with Gasteiger partial charge in [-0.2, -0.15) is 0 Å². The number of carboxylic acids is 1. The highest BCUT2D eigenvalue weighted by molar-refractivity contribution is 5.84. The van der Waals surface area contributed by atoms with Crippen LogP contribution in [0.25, 0.3) is 0 Å². The predicted molar refractivity (Wildman–Crippen MR) is 74.8 cm³/mol. The predicted octanol–water partition coefficient (Wildman–Crippen LogP) is 1.13. The minimum absolute atomic E-state index is 0.0166. The number of nitrogens with zero attached hydrogens (tertiary/aromatic N) is 1.